The molecule has 1 aliphatic rings. The Morgan fingerprint density at radius 3 is 2.83 bits per heavy atom. The van der Waals surface area contributed by atoms with Gasteiger partial charge in [-0.3, -0.25) is 0 Å². The number of allylic oxidation sites excluding steroid dienone is 1. The SMILES string of the molecule is CC/C=C(/O)c1ccc2c(c1)C(c1cc(Cl)ccc1C)=CCO2. The van der Waals surface area contributed by atoms with E-state index in [9.17, 15) is 5.11 Å². The Hall–Kier alpha value is -2.19. The fourth-order valence-corrected chi connectivity index (χ4v) is 2.97. The van der Waals surface area contributed by atoms with Crippen molar-refractivity contribution in [3.8, 4) is 5.75 Å². The molecule has 0 unspecified atom stereocenters. The van der Waals surface area contributed by atoms with Gasteiger partial charge in [-0.2, -0.15) is 0 Å². The number of rotatable bonds is 3. The minimum atomic E-state index is 0.294. The molecule has 1 heterocycles. The molecule has 1 aliphatic heterocycles. The summed E-state index contributed by atoms with van der Waals surface area (Å²) in [5.41, 5.74) is 5.12. The third-order valence-electron chi connectivity index (χ3n) is 3.98. The second-order valence-electron chi connectivity index (χ2n) is 5.60. The molecule has 0 aromatic heterocycles. The Labute approximate surface area is 141 Å². The molecule has 0 radical (unpaired) electrons. The van der Waals surface area contributed by atoms with Crippen LogP contribution in [0.15, 0.2) is 48.6 Å². The zero-order chi connectivity index (χ0) is 16.4. The van der Waals surface area contributed by atoms with Crippen molar-refractivity contribution in [2.45, 2.75) is 20.3 Å². The standard InChI is InChI=1S/C20H19ClO2/c1-3-4-19(22)14-6-8-20-18(11-14)16(9-10-23-20)17-12-15(21)7-5-13(17)2/h4-9,11-12,22H,3,10H2,1-2H3/b19-4+. The summed E-state index contributed by atoms with van der Waals surface area (Å²) < 4.78 is 5.73. The third-order valence-corrected chi connectivity index (χ3v) is 4.21. The normalized spacial score (nSPS) is 14.0. The number of halogens is 1. The minimum absolute atomic E-state index is 0.294. The van der Waals surface area contributed by atoms with Gasteiger partial charge in [0.2, 0.25) is 0 Å². The average Bonchev–Trinajstić information content (AvgIpc) is 2.56. The van der Waals surface area contributed by atoms with E-state index in [1.54, 1.807) is 6.08 Å². The topological polar surface area (TPSA) is 29.5 Å². The third kappa shape index (κ3) is 3.13. The predicted molar refractivity (Wildman–Crippen MR) is 96.1 cm³/mol. The lowest BCUT2D eigenvalue weighted by Crippen LogP contribution is -2.07. The first-order chi connectivity index (χ1) is 11.1. The van der Waals surface area contributed by atoms with E-state index in [1.807, 2.05) is 43.3 Å². The molecule has 0 bridgehead atoms. The van der Waals surface area contributed by atoms with Gasteiger partial charge in [-0.25, -0.2) is 0 Å². The van der Waals surface area contributed by atoms with E-state index in [0.717, 1.165) is 40.0 Å². The average molecular weight is 327 g/mol. The van der Waals surface area contributed by atoms with Crippen molar-refractivity contribution < 1.29 is 9.84 Å². The second-order valence-corrected chi connectivity index (χ2v) is 6.03. The molecular weight excluding hydrogens is 308 g/mol. The van der Waals surface area contributed by atoms with Crippen LogP contribution in [0, 0.1) is 6.92 Å². The van der Waals surface area contributed by atoms with Gasteiger partial charge in [-0.15, -0.1) is 0 Å². The van der Waals surface area contributed by atoms with E-state index in [2.05, 4.69) is 13.0 Å². The lowest BCUT2D eigenvalue weighted by Gasteiger charge is -2.21. The van der Waals surface area contributed by atoms with Gasteiger partial charge in [0.15, 0.2) is 0 Å². The summed E-state index contributed by atoms with van der Waals surface area (Å²) in [6.07, 6.45) is 4.65. The molecule has 0 atom stereocenters. The van der Waals surface area contributed by atoms with Crippen LogP contribution >= 0.6 is 11.6 Å². The van der Waals surface area contributed by atoms with Crippen LogP contribution in [0.2, 0.25) is 5.02 Å². The Bertz CT molecular complexity index is 803. The number of hydrogen-bond acceptors (Lipinski definition) is 2. The van der Waals surface area contributed by atoms with Crippen molar-refractivity contribution in [3.05, 3.63) is 75.8 Å². The Morgan fingerprint density at radius 2 is 2.04 bits per heavy atom. The molecule has 0 spiro atoms. The van der Waals surface area contributed by atoms with E-state index in [0.29, 0.717) is 17.4 Å². The minimum Gasteiger partial charge on any atom is -0.508 e. The van der Waals surface area contributed by atoms with Gasteiger partial charge in [0.05, 0.1) is 0 Å². The van der Waals surface area contributed by atoms with E-state index in [-0.39, 0.29) is 0 Å². The number of aliphatic hydroxyl groups excluding tert-OH is 1. The van der Waals surface area contributed by atoms with Crippen LogP contribution in [0.25, 0.3) is 11.3 Å². The van der Waals surface area contributed by atoms with E-state index >= 15 is 0 Å². The van der Waals surface area contributed by atoms with Crippen LogP contribution in [0.5, 0.6) is 5.75 Å². The van der Waals surface area contributed by atoms with Gasteiger partial charge in [0, 0.05) is 16.1 Å². The number of benzene rings is 2. The fraction of sp³-hybridized carbons (Fsp3) is 0.200. The highest BCUT2D eigenvalue weighted by molar-refractivity contribution is 6.30. The van der Waals surface area contributed by atoms with Crippen LogP contribution in [0.1, 0.15) is 35.6 Å². The highest BCUT2D eigenvalue weighted by atomic mass is 35.5. The summed E-state index contributed by atoms with van der Waals surface area (Å²) >= 11 is 6.18. The fourth-order valence-electron chi connectivity index (χ4n) is 2.80. The number of ether oxygens (including phenoxy) is 1. The molecule has 2 aromatic rings. The summed E-state index contributed by atoms with van der Waals surface area (Å²) in [6.45, 7) is 4.60. The Balaban J connectivity index is 2.13. The van der Waals surface area contributed by atoms with Crippen LogP contribution < -0.4 is 4.74 Å². The van der Waals surface area contributed by atoms with Crippen LogP contribution in [0.3, 0.4) is 0 Å². The molecular formula is C20H19ClO2. The molecule has 3 rings (SSSR count). The zero-order valence-electron chi connectivity index (χ0n) is 13.3. The lowest BCUT2D eigenvalue weighted by atomic mass is 9.91. The van der Waals surface area contributed by atoms with Gasteiger partial charge in [-0.1, -0.05) is 24.6 Å². The summed E-state index contributed by atoms with van der Waals surface area (Å²) in [4.78, 5) is 0. The van der Waals surface area contributed by atoms with Crippen LogP contribution in [0.4, 0.5) is 0 Å². The number of aliphatic hydroxyl groups is 1. The number of aryl methyl sites for hydroxylation is 1. The molecule has 118 valence electrons. The summed E-state index contributed by atoms with van der Waals surface area (Å²) in [7, 11) is 0. The van der Waals surface area contributed by atoms with Gasteiger partial charge in [0.25, 0.3) is 0 Å². The van der Waals surface area contributed by atoms with Crippen molar-refractivity contribution in [1.29, 1.82) is 0 Å². The van der Waals surface area contributed by atoms with E-state index in [4.69, 9.17) is 16.3 Å². The lowest BCUT2D eigenvalue weighted by molar-refractivity contribution is 0.357. The molecule has 0 aliphatic carbocycles. The summed E-state index contributed by atoms with van der Waals surface area (Å²) in [5.74, 6) is 1.12. The molecule has 2 aromatic carbocycles. The van der Waals surface area contributed by atoms with Crippen molar-refractivity contribution in [1.82, 2.24) is 0 Å². The molecule has 0 saturated heterocycles. The van der Waals surface area contributed by atoms with Crippen LogP contribution in [-0.4, -0.2) is 11.7 Å². The molecule has 0 saturated carbocycles. The van der Waals surface area contributed by atoms with Gasteiger partial charge < -0.3 is 9.84 Å². The number of fused-ring (bicyclic) bond motifs is 1. The molecule has 0 fully saturated rings. The molecule has 3 heteroatoms. The molecule has 2 nitrogen and oxygen atoms in total. The van der Waals surface area contributed by atoms with Crippen molar-refractivity contribution in [2.24, 2.45) is 0 Å². The van der Waals surface area contributed by atoms with Crippen molar-refractivity contribution in [3.63, 3.8) is 0 Å². The van der Waals surface area contributed by atoms with Crippen molar-refractivity contribution >= 4 is 22.9 Å². The Kier molecular flexibility index (Phi) is 4.44. The maximum absolute atomic E-state index is 10.2. The maximum atomic E-state index is 10.2. The predicted octanol–water partition coefficient (Wildman–Crippen LogP) is 5.78. The summed E-state index contributed by atoms with van der Waals surface area (Å²) in [5, 5.41) is 10.9. The summed E-state index contributed by atoms with van der Waals surface area (Å²) in [6, 6.07) is 11.7. The quantitative estimate of drug-likeness (QED) is 0.724. The van der Waals surface area contributed by atoms with E-state index < -0.39 is 0 Å². The highest BCUT2D eigenvalue weighted by Crippen LogP contribution is 2.37. The van der Waals surface area contributed by atoms with Gasteiger partial charge >= 0.3 is 0 Å². The van der Waals surface area contributed by atoms with Crippen molar-refractivity contribution in [2.75, 3.05) is 6.61 Å². The highest BCUT2D eigenvalue weighted by Gasteiger charge is 2.18. The van der Waals surface area contributed by atoms with E-state index in [1.165, 1.54) is 0 Å². The first-order valence-corrected chi connectivity index (χ1v) is 8.11. The van der Waals surface area contributed by atoms with Gasteiger partial charge in [0.1, 0.15) is 18.1 Å². The Morgan fingerprint density at radius 1 is 1.22 bits per heavy atom. The molecule has 23 heavy (non-hydrogen) atoms. The smallest absolute Gasteiger partial charge is 0.127 e. The number of hydrogen-bond donors (Lipinski definition) is 1. The first-order valence-electron chi connectivity index (χ1n) is 7.73. The second kappa shape index (κ2) is 6.51. The molecule has 1 N–H and O–H groups in total. The monoisotopic (exact) mass is 326 g/mol. The largest absolute Gasteiger partial charge is 0.508 e. The van der Waals surface area contributed by atoms with Gasteiger partial charge in [-0.05, 0) is 72.5 Å². The zero-order valence-corrected chi connectivity index (χ0v) is 14.0. The maximum Gasteiger partial charge on any atom is 0.127 e. The first kappa shape index (κ1) is 15.7. The molecule has 0 amide bonds. The van der Waals surface area contributed by atoms with Crippen LogP contribution in [-0.2, 0) is 0 Å².